The second-order valence-corrected chi connectivity index (χ2v) is 6.13. The summed E-state index contributed by atoms with van der Waals surface area (Å²) in [6.45, 7) is 2.53. The van der Waals surface area contributed by atoms with Crippen LogP contribution in [0.3, 0.4) is 0 Å². The molecule has 7 heteroatoms. The Balaban J connectivity index is 2.46. The molecule has 0 saturated carbocycles. The van der Waals surface area contributed by atoms with Crippen molar-refractivity contribution in [2.75, 3.05) is 18.6 Å². The molecule has 146 valence electrons. The standard InChI is InChI=1S/C20H23F3N2O2/c1-3-4-5-6-13-25(16-10-7-9-15(14-16)20(21,22)23)18-17(19(26)27-2)11-8-12-24-18/h7-12,14H,3-6,13H2,1-2H3. The minimum atomic E-state index is -4.45. The molecule has 0 N–H and O–H groups in total. The first-order valence-electron chi connectivity index (χ1n) is 8.86. The van der Waals surface area contributed by atoms with Gasteiger partial charge in [0.15, 0.2) is 0 Å². The monoisotopic (exact) mass is 380 g/mol. The van der Waals surface area contributed by atoms with Crippen LogP contribution in [-0.4, -0.2) is 24.6 Å². The fourth-order valence-corrected chi connectivity index (χ4v) is 2.79. The predicted molar refractivity (Wildman–Crippen MR) is 98.2 cm³/mol. The largest absolute Gasteiger partial charge is 0.465 e. The van der Waals surface area contributed by atoms with Crippen molar-refractivity contribution in [1.29, 1.82) is 0 Å². The minimum absolute atomic E-state index is 0.216. The number of methoxy groups -OCH3 is 1. The molecule has 1 aromatic carbocycles. The van der Waals surface area contributed by atoms with E-state index < -0.39 is 17.7 Å². The number of nitrogens with zero attached hydrogens (tertiary/aromatic N) is 2. The van der Waals surface area contributed by atoms with Gasteiger partial charge in [-0.05, 0) is 36.8 Å². The molecule has 0 atom stereocenters. The van der Waals surface area contributed by atoms with Gasteiger partial charge in [-0.15, -0.1) is 0 Å². The van der Waals surface area contributed by atoms with Crippen LogP contribution in [0.15, 0.2) is 42.6 Å². The van der Waals surface area contributed by atoms with Crippen molar-refractivity contribution >= 4 is 17.5 Å². The molecule has 0 aliphatic rings. The molecule has 1 aromatic heterocycles. The summed E-state index contributed by atoms with van der Waals surface area (Å²) in [4.78, 5) is 18.0. The highest BCUT2D eigenvalue weighted by Crippen LogP contribution is 2.34. The maximum atomic E-state index is 13.1. The van der Waals surface area contributed by atoms with Crippen LogP contribution in [0.1, 0.15) is 48.5 Å². The van der Waals surface area contributed by atoms with Gasteiger partial charge in [0.1, 0.15) is 11.4 Å². The number of benzene rings is 1. The number of unbranched alkanes of at least 4 members (excludes halogenated alkanes) is 3. The van der Waals surface area contributed by atoms with Crippen LogP contribution < -0.4 is 4.90 Å². The summed E-state index contributed by atoms with van der Waals surface area (Å²) in [7, 11) is 1.26. The Morgan fingerprint density at radius 3 is 2.59 bits per heavy atom. The van der Waals surface area contributed by atoms with Crippen molar-refractivity contribution < 1.29 is 22.7 Å². The molecule has 0 unspecified atom stereocenters. The van der Waals surface area contributed by atoms with Crippen molar-refractivity contribution in [3.05, 3.63) is 53.7 Å². The Morgan fingerprint density at radius 2 is 1.93 bits per heavy atom. The summed E-state index contributed by atoms with van der Waals surface area (Å²) >= 11 is 0. The van der Waals surface area contributed by atoms with E-state index in [1.807, 2.05) is 0 Å². The van der Waals surface area contributed by atoms with E-state index in [2.05, 4.69) is 11.9 Å². The molecular weight excluding hydrogens is 357 g/mol. The molecule has 27 heavy (non-hydrogen) atoms. The molecule has 2 rings (SSSR count). The van der Waals surface area contributed by atoms with Gasteiger partial charge in [-0.25, -0.2) is 9.78 Å². The maximum Gasteiger partial charge on any atom is 0.416 e. The van der Waals surface area contributed by atoms with Gasteiger partial charge in [-0.3, -0.25) is 0 Å². The van der Waals surface area contributed by atoms with Gasteiger partial charge < -0.3 is 9.64 Å². The minimum Gasteiger partial charge on any atom is -0.465 e. The van der Waals surface area contributed by atoms with Crippen molar-refractivity contribution in [1.82, 2.24) is 4.98 Å². The van der Waals surface area contributed by atoms with Crippen LogP contribution >= 0.6 is 0 Å². The third-order valence-corrected chi connectivity index (χ3v) is 4.17. The average molecular weight is 380 g/mol. The lowest BCUT2D eigenvalue weighted by atomic mass is 10.1. The molecule has 4 nitrogen and oxygen atoms in total. The number of carbonyl (C=O) groups is 1. The zero-order valence-corrected chi connectivity index (χ0v) is 15.4. The fourth-order valence-electron chi connectivity index (χ4n) is 2.79. The summed E-state index contributed by atoms with van der Waals surface area (Å²) in [5.41, 5.74) is -0.188. The molecule has 0 bridgehead atoms. The number of hydrogen-bond acceptors (Lipinski definition) is 4. The Labute approximate surface area is 157 Å². The normalized spacial score (nSPS) is 11.3. The zero-order chi connectivity index (χ0) is 19.9. The number of carbonyl (C=O) groups excluding carboxylic acids is 1. The van der Waals surface area contributed by atoms with Crippen LogP contribution in [0, 0.1) is 0 Å². The number of anilines is 2. The summed E-state index contributed by atoms with van der Waals surface area (Å²) in [5, 5.41) is 0. The van der Waals surface area contributed by atoms with Crippen molar-refractivity contribution in [3.8, 4) is 0 Å². The third kappa shape index (κ3) is 5.45. The van der Waals surface area contributed by atoms with Gasteiger partial charge in [0.2, 0.25) is 0 Å². The SMILES string of the molecule is CCCCCCN(c1cccc(C(F)(F)F)c1)c1ncccc1C(=O)OC. The Morgan fingerprint density at radius 1 is 1.15 bits per heavy atom. The number of ether oxygens (including phenoxy) is 1. The second-order valence-electron chi connectivity index (χ2n) is 6.13. The Hall–Kier alpha value is -2.57. The van der Waals surface area contributed by atoms with E-state index in [1.165, 1.54) is 19.4 Å². The number of alkyl halides is 3. The van der Waals surface area contributed by atoms with Gasteiger partial charge in [-0.2, -0.15) is 13.2 Å². The highest BCUT2D eigenvalue weighted by Gasteiger charge is 2.31. The van der Waals surface area contributed by atoms with Crippen molar-refractivity contribution in [2.45, 2.75) is 38.8 Å². The van der Waals surface area contributed by atoms with Gasteiger partial charge >= 0.3 is 12.1 Å². The van der Waals surface area contributed by atoms with Crippen LogP contribution in [0.4, 0.5) is 24.7 Å². The van der Waals surface area contributed by atoms with Crippen LogP contribution in [0.25, 0.3) is 0 Å². The molecule has 2 aromatic rings. The Bertz CT molecular complexity index is 763. The number of rotatable bonds is 8. The van der Waals surface area contributed by atoms with Gasteiger partial charge in [0.05, 0.1) is 12.7 Å². The number of esters is 1. The van der Waals surface area contributed by atoms with Crippen LogP contribution in [0.5, 0.6) is 0 Å². The number of halogens is 3. The molecule has 0 radical (unpaired) electrons. The van der Waals surface area contributed by atoms with Crippen LogP contribution in [0.2, 0.25) is 0 Å². The quantitative estimate of drug-likeness (QED) is 0.441. The first-order valence-corrected chi connectivity index (χ1v) is 8.86. The number of aromatic nitrogens is 1. The van der Waals surface area contributed by atoms with Gasteiger partial charge in [0, 0.05) is 18.4 Å². The fraction of sp³-hybridized carbons (Fsp3) is 0.400. The molecular formula is C20H23F3N2O2. The number of pyridine rings is 1. The smallest absolute Gasteiger partial charge is 0.416 e. The zero-order valence-electron chi connectivity index (χ0n) is 15.4. The summed E-state index contributed by atoms with van der Waals surface area (Å²) in [5.74, 6) is -0.288. The topological polar surface area (TPSA) is 42.4 Å². The lowest BCUT2D eigenvalue weighted by Crippen LogP contribution is -2.23. The van der Waals surface area contributed by atoms with E-state index in [1.54, 1.807) is 23.1 Å². The summed E-state index contributed by atoms with van der Waals surface area (Å²) < 4.78 is 44.2. The van der Waals surface area contributed by atoms with E-state index in [9.17, 15) is 18.0 Å². The van der Waals surface area contributed by atoms with E-state index in [0.29, 0.717) is 18.1 Å². The molecule has 0 saturated heterocycles. The first-order chi connectivity index (χ1) is 12.9. The van der Waals surface area contributed by atoms with E-state index in [4.69, 9.17) is 4.74 Å². The molecule has 0 spiro atoms. The highest BCUT2D eigenvalue weighted by molar-refractivity contribution is 5.95. The maximum absolute atomic E-state index is 13.1. The first kappa shape index (κ1) is 20.7. The third-order valence-electron chi connectivity index (χ3n) is 4.17. The van der Waals surface area contributed by atoms with Crippen molar-refractivity contribution in [3.63, 3.8) is 0 Å². The summed E-state index contributed by atoms with van der Waals surface area (Å²) in [6, 6.07) is 8.20. The predicted octanol–water partition coefficient (Wildman–Crippen LogP) is 5.61. The molecule has 0 fully saturated rings. The molecule has 1 heterocycles. The number of hydrogen-bond donors (Lipinski definition) is 0. The Kier molecular flexibility index (Phi) is 7.21. The summed E-state index contributed by atoms with van der Waals surface area (Å²) in [6.07, 6.45) is 0.838. The van der Waals surface area contributed by atoms with Gasteiger partial charge in [0.25, 0.3) is 0 Å². The molecule has 0 amide bonds. The van der Waals surface area contributed by atoms with Gasteiger partial charge in [-0.1, -0.05) is 32.3 Å². The molecule has 0 aliphatic carbocycles. The van der Waals surface area contributed by atoms with E-state index >= 15 is 0 Å². The van der Waals surface area contributed by atoms with E-state index in [-0.39, 0.29) is 5.56 Å². The average Bonchev–Trinajstić information content (AvgIpc) is 2.67. The lowest BCUT2D eigenvalue weighted by molar-refractivity contribution is -0.137. The van der Waals surface area contributed by atoms with Crippen LogP contribution in [-0.2, 0) is 10.9 Å². The highest BCUT2D eigenvalue weighted by atomic mass is 19.4. The second kappa shape index (κ2) is 9.39. The lowest BCUT2D eigenvalue weighted by Gasteiger charge is -2.26. The van der Waals surface area contributed by atoms with E-state index in [0.717, 1.165) is 37.8 Å². The van der Waals surface area contributed by atoms with Crippen molar-refractivity contribution in [2.24, 2.45) is 0 Å². The molecule has 0 aliphatic heterocycles.